The SMILES string of the molecule is CC(C)(C)CN(CC(=O)O)C(=O)CC1CCOCC1. The molecule has 1 aliphatic rings. The lowest BCUT2D eigenvalue weighted by Gasteiger charge is -2.30. The van der Waals surface area contributed by atoms with Crippen LogP contribution in [0.15, 0.2) is 0 Å². The van der Waals surface area contributed by atoms with Crippen molar-refractivity contribution in [3.63, 3.8) is 0 Å². The number of hydrogen-bond donors (Lipinski definition) is 1. The zero-order valence-electron chi connectivity index (χ0n) is 12.1. The molecule has 0 atom stereocenters. The van der Waals surface area contributed by atoms with Crippen molar-refractivity contribution in [2.75, 3.05) is 26.3 Å². The molecule has 19 heavy (non-hydrogen) atoms. The average Bonchev–Trinajstić information content (AvgIpc) is 2.27. The summed E-state index contributed by atoms with van der Waals surface area (Å²) in [6.07, 6.45) is 2.22. The molecular formula is C14H25NO4. The lowest BCUT2D eigenvalue weighted by molar-refractivity contribution is -0.146. The van der Waals surface area contributed by atoms with Crippen LogP contribution in [0.3, 0.4) is 0 Å². The molecule has 110 valence electrons. The number of carboxylic acids is 1. The van der Waals surface area contributed by atoms with Gasteiger partial charge < -0.3 is 14.7 Å². The first kappa shape index (κ1) is 16.0. The second kappa shape index (κ2) is 6.89. The van der Waals surface area contributed by atoms with Crippen LogP contribution in [0.4, 0.5) is 0 Å². The van der Waals surface area contributed by atoms with Crippen LogP contribution in [0.2, 0.25) is 0 Å². The average molecular weight is 271 g/mol. The fraction of sp³-hybridized carbons (Fsp3) is 0.857. The van der Waals surface area contributed by atoms with Crippen LogP contribution in [-0.2, 0) is 14.3 Å². The maximum absolute atomic E-state index is 12.2. The number of carbonyl (C=O) groups excluding carboxylic acids is 1. The largest absolute Gasteiger partial charge is 0.480 e. The van der Waals surface area contributed by atoms with Crippen LogP contribution in [0.25, 0.3) is 0 Å². The van der Waals surface area contributed by atoms with Crippen LogP contribution in [0, 0.1) is 11.3 Å². The molecule has 5 nitrogen and oxygen atoms in total. The van der Waals surface area contributed by atoms with Crippen molar-refractivity contribution in [2.45, 2.75) is 40.0 Å². The Balaban J connectivity index is 2.56. The van der Waals surface area contributed by atoms with Crippen molar-refractivity contribution < 1.29 is 19.4 Å². The van der Waals surface area contributed by atoms with E-state index in [1.165, 1.54) is 4.90 Å². The predicted molar refractivity (Wildman–Crippen MR) is 71.8 cm³/mol. The van der Waals surface area contributed by atoms with Gasteiger partial charge in [-0.3, -0.25) is 9.59 Å². The van der Waals surface area contributed by atoms with E-state index in [4.69, 9.17) is 9.84 Å². The molecule has 0 aliphatic carbocycles. The van der Waals surface area contributed by atoms with E-state index in [9.17, 15) is 9.59 Å². The van der Waals surface area contributed by atoms with Crippen molar-refractivity contribution in [1.29, 1.82) is 0 Å². The number of aliphatic carboxylic acids is 1. The van der Waals surface area contributed by atoms with E-state index in [2.05, 4.69) is 0 Å². The number of rotatable bonds is 5. The Hall–Kier alpha value is -1.10. The Kier molecular flexibility index (Phi) is 5.79. The minimum atomic E-state index is -0.954. The smallest absolute Gasteiger partial charge is 0.323 e. The highest BCUT2D eigenvalue weighted by Gasteiger charge is 2.26. The van der Waals surface area contributed by atoms with E-state index in [0.717, 1.165) is 12.8 Å². The topological polar surface area (TPSA) is 66.8 Å². The number of nitrogens with zero attached hydrogens (tertiary/aromatic N) is 1. The third kappa shape index (κ3) is 6.57. The lowest BCUT2D eigenvalue weighted by Crippen LogP contribution is -2.42. The van der Waals surface area contributed by atoms with Crippen molar-refractivity contribution in [1.82, 2.24) is 4.90 Å². The Bertz CT molecular complexity index is 316. The van der Waals surface area contributed by atoms with Gasteiger partial charge in [-0.15, -0.1) is 0 Å². The van der Waals surface area contributed by atoms with Gasteiger partial charge in [0.15, 0.2) is 0 Å². The minimum absolute atomic E-state index is 0.0516. The first-order valence-corrected chi connectivity index (χ1v) is 6.85. The van der Waals surface area contributed by atoms with Crippen LogP contribution < -0.4 is 0 Å². The van der Waals surface area contributed by atoms with Gasteiger partial charge in [0.2, 0.25) is 5.91 Å². The van der Waals surface area contributed by atoms with Crippen LogP contribution in [0.5, 0.6) is 0 Å². The Labute approximate surface area is 114 Å². The van der Waals surface area contributed by atoms with Gasteiger partial charge in [-0.05, 0) is 24.2 Å². The molecule has 1 N–H and O–H groups in total. The highest BCUT2D eigenvalue weighted by molar-refractivity contribution is 5.81. The molecule has 0 bridgehead atoms. The Morgan fingerprint density at radius 3 is 2.32 bits per heavy atom. The highest BCUT2D eigenvalue weighted by atomic mass is 16.5. The van der Waals surface area contributed by atoms with E-state index >= 15 is 0 Å². The third-order valence-electron chi connectivity index (χ3n) is 3.15. The standard InChI is InChI=1S/C14H25NO4/c1-14(2,3)10-15(9-13(17)18)12(16)8-11-4-6-19-7-5-11/h11H,4-10H2,1-3H3,(H,17,18). The maximum atomic E-state index is 12.2. The minimum Gasteiger partial charge on any atom is -0.480 e. The number of ether oxygens (including phenoxy) is 1. The molecule has 1 rings (SSSR count). The second-order valence-corrected chi connectivity index (χ2v) is 6.46. The fourth-order valence-electron chi connectivity index (χ4n) is 2.29. The molecule has 0 unspecified atom stereocenters. The lowest BCUT2D eigenvalue weighted by atomic mass is 9.93. The maximum Gasteiger partial charge on any atom is 0.323 e. The van der Waals surface area contributed by atoms with Gasteiger partial charge in [0, 0.05) is 26.2 Å². The van der Waals surface area contributed by atoms with Crippen LogP contribution in [-0.4, -0.2) is 48.2 Å². The summed E-state index contributed by atoms with van der Waals surface area (Å²) in [7, 11) is 0. The summed E-state index contributed by atoms with van der Waals surface area (Å²) < 4.78 is 5.27. The van der Waals surface area contributed by atoms with Crippen LogP contribution >= 0.6 is 0 Å². The summed E-state index contributed by atoms with van der Waals surface area (Å²) in [6, 6.07) is 0. The quantitative estimate of drug-likeness (QED) is 0.827. The highest BCUT2D eigenvalue weighted by Crippen LogP contribution is 2.21. The molecule has 0 spiro atoms. The zero-order chi connectivity index (χ0) is 14.5. The van der Waals surface area contributed by atoms with E-state index < -0.39 is 5.97 Å². The van der Waals surface area contributed by atoms with Gasteiger partial charge >= 0.3 is 5.97 Å². The monoisotopic (exact) mass is 271 g/mol. The van der Waals surface area contributed by atoms with Gasteiger partial charge in [0.05, 0.1) is 0 Å². The van der Waals surface area contributed by atoms with Gasteiger partial charge in [-0.2, -0.15) is 0 Å². The molecule has 0 aromatic rings. The zero-order valence-corrected chi connectivity index (χ0v) is 12.1. The predicted octanol–water partition coefficient (Wildman–Crippen LogP) is 1.76. The molecular weight excluding hydrogens is 246 g/mol. The number of carbonyl (C=O) groups is 2. The summed E-state index contributed by atoms with van der Waals surface area (Å²) in [4.78, 5) is 24.6. The van der Waals surface area contributed by atoms with Crippen LogP contribution in [0.1, 0.15) is 40.0 Å². The molecule has 0 radical (unpaired) electrons. The number of carboxylic acid groups (broad SMARTS) is 1. The molecule has 5 heteroatoms. The van der Waals surface area contributed by atoms with Gasteiger partial charge in [-0.1, -0.05) is 20.8 Å². The first-order chi connectivity index (χ1) is 8.78. The van der Waals surface area contributed by atoms with E-state index in [-0.39, 0.29) is 17.9 Å². The van der Waals surface area contributed by atoms with Crippen molar-refractivity contribution in [2.24, 2.45) is 11.3 Å². The third-order valence-corrected chi connectivity index (χ3v) is 3.15. The van der Waals surface area contributed by atoms with Crippen molar-refractivity contribution in [3.8, 4) is 0 Å². The first-order valence-electron chi connectivity index (χ1n) is 6.85. The number of amides is 1. The van der Waals surface area contributed by atoms with Crippen molar-refractivity contribution >= 4 is 11.9 Å². The molecule has 1 amide bonds. The molecule has 1 aliphatic heterocycles. The van der Waals surface area contributed by atoms with E-state index in [1.54, 1.807) is 0 Å². The Morgan fingerprint density at radius 2 is 1.84 bits per heavy atom. The van der Waals surface area contributed by atoms with Gasteiger partial charge in [-0.25, -0.2) is 0 Å². The molecule has 0 aromatic carbocycles. The molecule has 1 saturated heterocycles. The summed E-state index contributed by atoms with van der Waals surface area (Å²) in [6.45, 7) is 7.68. The molecule has 0 aromatic heterocycles. The molecule has 1 fully saturated rings. The van der Waals surface area contributed by atoms with E-state index in [1.807, 2.05) is 20.8 Å². The Morgan fingerprint density at radius 1 is 1.26 bits per heavy atom. The van der Waals surface area contributed by atoms with Crippen molar-refractivity contribution in [3.05, 3.63) is 0 Å². The number of hydrogen-bond acceptors (Lipinski definition) is 3. The van der Waals surface area contributed by atoms with E-state index in [0.29, 0.717) is 32.1 Å². The normalized spacial score (nSPS) is 17.2. The summed E-state index contributed by atoms with van der Waals surface area (Å²) in [5.41, 5.74) is -0.0964. The van der Waals surface area contributed by atoms with Gasteiger partial charge in [0.25, 0.3) is 0 Å². The fourth-order valence-corrected chi connectivity index (χ4v) is 2.29. The molecule has 1 heterocycles. The summed E-state index contributed by atoms with van der Waals surface area (Å²) in [5, 5.41) is 8.92. The summed E-state index contributed by atoms with van der Waals surface area (Å²) in [5.74, 6) is -0.675. The molecule has 0 saturated carbocycles. The van der Waals surface area contributed by atoms with Gasteiger partial charge in [0.1, 0.15) is 6.54 Å². The second-order valence-electron chi connectivity index (χ2n) is 6.46. The summed E-state index contributed by atoms with van der Waals surface area (Å²) >= 11 is 0.